The van der Waals surface area contributed by atoms with Gasteiger partial charge in [0.25, 0.3) is 10.1 Å². The van der Waals surface area contributed by atoms with E-state index in [1.807, 2.05) is 0 Å². The molecule has 0 radical (unpaired) electrons. The minimum absolute atomic E-state index is 0.220. The Labute approximate surface area is 55.1 Å². The molecule has 0 rings (SSSR count). The third-order valence-electron chi connectivity index (χ3n) is 0.787. The second-order valence-corrected chi connectivity index (χ2v) is 3.57. The zero-order valence-corrected chi connectivity index (χ0v) is 6.11. The van der Waals surface area contributed by atoms with Gasteiger partial charge in [-0.1, -0.05) is 5.57 Å². The van der Waals surface area contributed by atoms with Crippen molar-refractivity contribution >= 4 is 10.1 Å². The molecule has 0 bridgehead atoms. The van der Waals surface area contributed by atoms with E-state index in [9.17, 15) is 8.42 Å². The van der Waals surface area contributed by atoms with Gasteiger partial charge in [-0.15, -0.1) is 6.58 Å². The van der Waals surface area contributed by atoms with Crippen LogP contribution in [0.1, 0.15) is 13.3 Å². The van der Waals surface area contributed by atoms with Gasteiger partial charge in [0, 0.05) is 0 Å². The summed E-state index contributed by atoms with van der Waals surface area (Å²) in [7, 11) is -3.78. The number of allylic oxidation sites excluding steroid dienone is 1. The summed E-state index contributed by atoms with van der Waals surface area (Å²) in [6.07, 6.45) is 0.332. The highest BCUT2D eigenvalue weighted by atomic mass is 32.2. The predicted molar refractivity (Wildman–Crippen MR) is 35.8 cm³/mol. The molecule has 9 heavy (non-hydrogen) atoms. The fourth-order valence-electron chi connectivity index (χ4n) is 0.303. The molecule has 0 atom stereocenters. The topological polar surface area (TPSA) is 54.4 Å². The Hall–Kier alpha value is -0.350. The SMILES string of the molecule is C=C(C)CCS(=O)(=O)O. The van der Waals surface area contributed by atoms with Gasteiger partial charge in [0.1, 0.15) is 0 Å². The van der Waals surface area contributed by atoms with Crippen molar-refractivity contribution in [1.29, 1.82) is 0 Å². The van der Waals surface area contributed by atoms with Gasteiger partial charge in [-0.3, -0.25) is 4.55 Å². The third-order valence-corrected chi connectivity index (χ3v) is 1.51. The summed E-state index contributed by atoms with van der Waals surface area (Å²) < 4.78 is 28.3. The van der Waals surface area contributed by atoms with Gasteiger partial charge in [-0.25, -0.2) is 0 Å². The molecule has 0 fully saturated rings. The van der Waals surface area contributed by atoms with Crippen molar-refractivity contribution in [2.24, 2.45) is 0 Å². The van der Waals surface area contributed by atoms with Crippen molar-refractivity contribution in [2.75, 3.05) is 5.75 Å². The number of hydrogen-bond acceptors (Lipinski definition) is 2. The Morgan fingerprint density at radius 3 is 2.22 bits per heavy atom. The third kappa shape index (κ3) is 7.65. The van der Waals surface area contributed by atoms with Gasteiger partial charge in [-0.05, 0) is 13.3 Å². The van der Waals surface area contributed by atoms with Crippen LogP contribution in [0, 0.1) is 0 Å². The van der Waals surface area contributed by atoms with E-state index in [1.165, 1.54) is 0 Å². The summed E-state index contributed by atoms with van der Waals surface area (Å²) in [4.78, 5) is 0. The standard InChI is InChI=1S/C5H10O3S/c1-5(2)3-4-9(6,7)8/h1,3-4H2,2H3,(H,6,7,8). The molecule has 4 heteroatoms. The maximum Gasteiger partial charge on any atom is 0.265 e. The van der Waals surface area contributed by atoms with Crippen LogP contribution < -0.4 is 0 Å². The lowest BCUT2D eigenvalue weighted by Crippen LogP contribution is -2.03. The van der Waals surface area contributed by atoms with E-state index in [0.29, 0.717) is 6.42 Å². The molecule has 0 saturated carbocycles. The van der Waals surface area contributed by atoms with Crippen LogP contribution in [-0.4, -0.2) is 18.7 Å². The van der Waals surface area contributed by atoms with Crippen molar-refractivity contribution in [1.82, 2.24) is 0 Å². The van der Waals surface area contributed by atoms with Crippen molar-refractivity contribution in [2.45, 2.75) is 13.3 Å². The van der Waals surface area contributed by atoms with Gasteiger partial charge in [0.15, 0.2) is 0 Å². The minimum Gasteiger partial charge on any atom is -0.286 e. The highest BCUT2D eigenvalue weighted by Gasteiger charge is 2.02. The van der Waals surface area contributed by atoms with E-state index in [2.05, 4.69) is 6.58 Å². The number of hydrogen-bond donors (Lipinski definition) is 1. The van der Waals surface area contributed by atoms with E-state index in [1.54, 1.807) is 6.92 Å². The molecule has 0 aliphatic rings. The van der Waals surface area contributed by atoms with Gasteiger partial charge in [0.2, 0.25) is 0 Å². The zero-order valence-electron chi connectivity index (χ0n) is 5.29. The Morgan fingerprint density at radius 2 is 2.11 bits per heavy atom. The largest absolute Gasteiger partial charge is 0.286 e. The quantitative estimate of drug-likeness (QED) is 0.479. The van der Waals surface area contributed by atoms with Crippen LogP contribution >= 0.6 is 0 Å². The van der Waals surface area contributed by atoms with Crippen LogP contribution in [0.25, 0.3) is 0 Å². The van der Waals surface area contributed by atoms with Gasteiger partial charge in [-0.2, -0.15) is 8.42 Å². The Balaban J connectivity index is 3.67. The fraction of sp³-hybridized carbons (Fsp3) is 0.600. The average molecular weight is 150 g/mol. The van der Waals surface area contributed by atoms with E-state index < -0.39 is 10.1 Å². The first-order valence-electron chi connectivity index (χ1n) is 2.51. The number of rotatable bonds is 3. The van der Waals surface area contributed by atoms with Crippen LogP contribution in [0.4, 0.5) is 0 Å². The van der Waals surface area contributed by atoms with Crippen molar-refractivity contribution in [3.63, 3.8) is 0 Å². The van der Waals surface area contributed by atoms with Crippen LogP contribution in [-0.2, 0) is 10.1 Å². The normalized spacial score (nSPS) is 11.3. The molecular weight excluding hydrogens is 140 g/mol. The molecule has 54 valence electrons. The second kappa shape index (κ2) is 2.98. The Bertz CT molecular complexity index is 190. The average Bonchev–Trinajstić information content (AvgIpc) is 1.59. The zero-order chi connectivity index (χ0) is 7.49. The molecule has 0 amide bonds. The Morgan fingerprint density at radius 1 is 1.67 bits per heavy atom. The molecule has 0 aliphatic heterocycles. The molecule has 0 aromatic heterocycles. The maximum atomic E-state index is 10.1. The highest BCUT2D eigenvalue weighted by molar-refractivity contribution is 7.85. The van der Waals surface area contributed by atoms with E-state index in [0.717, 1.165) is 5.57 Å². The van der Waals surface area contributed by atoms with E-state index in [-0.39, 0.29) is 5.75 Å². The molecule has 0 aliphatic carbocycles. The molecule has 0 heterocycles. The summed E-state index contributed by atoms with van der Waals surface area (Å²) in [6, 6.07) is 0. The summed E-state index contributed by atoms with van der Waals surface area (Å²) in [5, 5.41) is 0. The molecule has 0 saturated heterocycles. The highest BCUT2D eigenvalue weighted by Crippen LogP contribution is 1.97. The first-order valence-corrected chi connectivity index (χ1v) is 4.12. The lowest BCUT2D eigenvalue weighted by atomic mass is 10.3. The maximum absolute atomic E-state index is 10.1. The van der Waals surface area contributed by atoms with Gasteiger partial charge < -0.3 is 0 Å². The summed E-state index contributed by atoms with van der Waals surface area (Å²) in [5.41, 5.74) is 0.757. The molecular formula is C5H10O3S. The van der Waals surface area contributed by atoms with Crippen molar-refractivity contribution in [3.8, 4) is 0 Å². The van der Waals surface area contributed by atoms with Crippen LogP contribution in [0.3, 0.4) is 0 Å². The lowest BCUT2D eigenvalue weighted by Gasteiger charge is -1.93. The molecule has 0 aromatic carbocycles. The van der Waals surface area contributed by atoms with Crippen molar-refractivity contribution < 1.29 is 13.0 Å². The molecule has 3 nitrogen and oxygen atoms in total. The molecule has 0 spiro atoms. The van der Waals surface area contributed by atoms with E-state index >= 15 is 0 Å². The predicted octanol–water partition coefficient (Wildman–Crippen LogP) is 0.840. The van der Waals surface area contributed by atoms with Crippen LogP contribution in [0.2, 0.25) is 0 Å². The monoisotopic (exact) mass is 150 g/mol. The molecule has 0 unspecified atom stereocenters. The Kier molecular flexibility index (Phi) is 2.87. The first kappa shape index (κ1) is 8.65. The van der Waals surface area contributed by atoms with Gasteiger partial charge >= 0.3 is 0 Å². The lowest BCUT2D eigenvalue weighted by molar-refractivity contribution is 0.482. The fourth-order valence-corrected chi connectivity index (χ4v) is 0.910. The van der Waals surface area contributed by atoms with Gasteiger partial charge in [0.05, 0.1) is 5.75 Å². The summed E-state index contributed by atoms with van der Waals surface area (Å²) in [5.74, 6) is -0.220. The smallest absolute Gasteiger partial charge is 0.265 e. The van der Waals surface area contributed by atoms with Crippen LogP contribution in [0.15, 0.2) is 12.2 Å². The second-order valence-electron chi connectivity index (χ2n) is 1.99. The van der Waals surface area contributed by atoms with E-state index in [4.69, 9.17) is 4.55 Å². The molecule has 0 aromatic rings. The molecule has 1 N–H and O–H groups in total. The van der Waals surface area contributed by atoms with Crippen molar-refractivity contribution in [3.05, 3.63) is 12.2 Å². The first-order chi connectivity index (χ1) is 3.92. The van der Waals surface area contributed by atoms with Crippen LogP contribution in [0.5, 0.6) is 0 Å². The summed E-state index contributed by atoms with van der Waals surface area (Å²) in [6.45, 7) is 5.20. The summed E-state index contributed by atoms with van der Waals surface area (Å²) >= 11 is 0. The minimum atomic E-state index is -3.78.